The maximum Gasteiger partial charge on any atom is 0.210 e. The van der Waals surface area contributed by atoms with E-state index in [9.17, 15) is 16.8 Å². The summed E-state index contributed by atoms with van der Waals surface area (Å²) in [6.07, 6.45) is 4.51. The SMILES string of the molecule is CC.CS(C)(c1ccc(N2c3ccccc3S(=O)(=O)c3ccccc32)cc1)c1ccc(N2c3ccccc3S(=O)(=O)c3ccccc32)cc1. The highest BCUT2D eigenvalue weighted by Gasteiger charge is 2.36. The minimum absolute atomic E-state index is 0.297. The van der Waals surface area contributed by atoms with Crippen molar-refractivity contribution >= 4 is 63.8 Å². The first-order chi connectivity index (χ1) is 23.6. The number of hydrogen-bond acceptors (Lipinski definition) is 6. The predicted octanol–water partition coefficient (Wildman–Crippen LogP) is 10.4. The average Bonchev–Trinajstić information content (AvgIpc) is 3.13. The molecule has 9 heteroatoms. The zero-order valence-corrected chi connectivity index (χ0v) is 30.1. The van der Waals surface area contributed by atoms with Crippen LogP contribution in [-0.4, -0.2) is 29.3 Å². The summed E-state index contributed by atoms with van der Waals surface area (Å²) in [4.78, 5) is 7.58. The lowest BCUT2D eigenvalue weighted by atomic mass is 10.2. The van der Waals surface area contributed by atoms with E-state index in [2.05, 4.69) is 61.0 Å². The molecule has 0 radical (unpaired) electrons. The van der Waals surface area contributed by atoms with Gasteiger partial charge in [0.1, 0.15) is 0 Å². The third-order valence-electron chi connectivity index (χ3n) is 8.95. The number of sulfone groups is 2. The molecule has 6 aromatic carbocycles. The predicted molar refractivity (Wildman–Crippen MR) is 200 cm³/mol. The van der Waals surface area contributed by atoms with Gasteiger partial charge in [0.15, 0.2) is 0 Å². The Hall–Kier alpha value is -4.83. The summed E-state index contributed by atoms with van der Waals surface area (Å²) < 4.78 is 53.7. The van der Waals surface area contributed by atoms with Crippen LogP contribution in [0.1, 0.15) is 13.8 Å². The molecule has 248 valence electrons. The minimum Gasteiger partial charge on any atom is -0.308 e. The molecule has 6 aromatic rings. The summed E-state index contributed by atoms with van der Waals surface area (Å²) in [6.45, 7) is 4.00. The molecule has 0 aliphatic carbocycles. The van der Waals surface area contributed by atoms with E-state index in [1.165, 1.54) is 9.79 Å². The van der Waals surface area contributed by atoms with E-state index in [4.69, 9.17) is 0 Å². The van der Waals surface area contributed by atoms with Gasteiger partial charge in [0.05, 0.1) is 42.3 Å². The van der Waals surface area contributed by atoms with Crippen molar-refractivity contribution in [3.63, 3.8) is 0 Å². The van der Waals surface area contributed by atoms with E-state index in [0.29, 0.717) is 42.3 Å². The van der Waals surface area contributed by atoms with Gasteiger partial charge >= 0.3 is 0 Å². The molecule has 6 nitrogen and oxygen atoms in total. The van der Waals surface area contributed by atoms with Crippen molar-refractivity contribution in [2.45, 2.75) is 43.2 Å². The third-order valence-corrected chi connectivity index (χ3v) is 15.5. The average molecular weight is 705 g/mol. The summed E-state index contributed by atoms with van der Waals surface area (Å²) in [5, 5.41) is 0. The number of rotatable bonds is 4. The first-order valence-corrected chi connectivity index (χ1v) is 21.4. The van der Waals surface area contributed by atoms with Crippen LogP contribution in [0.4, 0.5) is 34.1 Å². The number of benzene rings is 6. The second-order valence-electron chi connectivity index (χ2n) is 11.9. The Kier molecular flexibility index (Phi) is 8.17. The summed E-state index contributed by atoms with van der Waals surface area (Å²) in [5.74, 6) is 0. The molecule has 0 bridgehead atoms. The van der Waals surface area contributed by atoms with Crippen LogP contribution in [0, 0.1) is 0 Å². The van der Waals surface area contributed by atoms with E-state index < -0.39 is 29.7 Å². The standard InChI is InChI=1S/C38H30N2O4S3.C2H6/c1-45(2,29-23-19-27(20-24-29)39-31-11-3-7-15-35(31)46(41,42)36-16-8-4-12-32(36)39)30-25-21-28(22-26-30)40-33-13-5-9-17-37(33)47(43,44)38-18-10-6-14-34(38)40;1-2/h3-26H,1-2H3;1-2H3. The van der Waals surface area contributed by atoms with Gasteiger partial charge < -0.3 is 9.80 Å². The molecule has 0 fully saturated rings. The van der Waals surface area contributed by atoms with Crippen molar-refractivity contribution in [3.05, 3.63) is 146 Å². The van der Waals surface area contributed by atoms with E-state index in [-0.39, 0.29) is 0 Å². The molecule has 2 aliphatic heterocycles. The van der Waals surface area contributed by atoms with Crippen molar-refractivity contribution in [1.29, 1.82) is 0 Å². The number of para-hydroxylation sites is 4. The molecule has 8 rings (SSSR count). The number of hydrogen-bond donors (Lipinski definition) is 0. The maximum absolute atomic E-state index is 13.4. The van der Waals surface area contributed by atoms with Crippen LogP contribution >= 0.6 is 10.0 Å². The molecule has 0 amide bonds. The van der Waals surface area contributed by atoms with Gasteiger partial charge in [-0.05, 0) is 119 Å². The fourth-order valence-corrected chi connectivity index (χ4v) is 11.7. The van der Waals surface area contributed by atoms with Gasteiger partial charge in [-0.2, -0.15) is 10.0 Å². The van der Waals surface area contributed by atoms with Gasteiger partial charge in [-0.3, -0.25) is 0 Å². The first kappa shape index (κ1) is 32.7. The quantitative estimate of drug-likeness (QED) is 0.182. The van der Waals surface area contributed by atoms with Crippen molar-refractivity contribution in [1.82, 2.24) is 0 Å². The monoisotopic (exact) mass is 704 g/mol. The van der Waals surface area contributed by atoms with Crippen molar-refractivity contribution in [3.8, 4) is 0 Å². The third kappa shape index (κ3) is 5.15. The lowest BCUT2D eigenvalue weighted by Gasteiger charge is -2.36. The van der Waals surface area contributed by atoms with Gasteiger partial charge in [-0.1, -0.05) is 62.4 Å². The second-order valence-corrected chi connectivity index (χ2v) is 19.2. The smallest absolute Gasteiger partial charge is 0.210 e. The molecule has 2 heterocycles. The molecule has 0 spiro atoms. The van der Waals surface area contributed by atoms with Crippen molar-refractivity contribution < 1.29 is 16.8 Å². The Morgan fingerprint density at radius 3 is 0.898 bits per heavy atom. The molecule has 0 atom stereocenters. The largest absolute Gasteiger partial charge is 0.308 e. The molecule has 0 saturated carbocycles. The zero-order valence-electron chi connectivity index (χ0n) is 27.6. The van der Waals surface area contributed by atoms with Gasteiger partial charge in [0.2, 0.25) is 19.7 Å². The minimum atomic E-state index is -3.63. The topological polar surface area (TPSA) is 74.8 Å². The van der Waals surface area contributed by atoms with Crippen LogP contribution in [-0.2, 0) is 19.7 Å². The summed E-state index contributed by atoms with van der Waals surface area (Å²) in [7, 11) is -8.70. The first-order valence-electron chi connectivity index (χ1n) is 16.0. The highest BCUT2D eigenvalue weighted by atomic mass is 32.3. The van der Waals surface area contributed by atoms with Gasteiger partial charge in [-0.15, -0.1) is 0 Å². The Morgan fingerprint density at radius 1 is 0.388 bits per heavy atom. The lowest BCUT2D eigenvalue weighted by molar-refractivity contribution is 0.593. The molecule has 2 aliphatic rings. The summed E-state index contributed by atoms with van der Waals surface area (Å²) >= 11 is 0. The Morgan fingerprint density at radius 2 is 0.633 bits per heavy atom. The van der Waals surface area contributed by atoms with Gasteiger partial charge in [0, 0.05) is 11.4 Å². The Balaban J connectivity index is 0.00000186. The summed E-state index contributed by atoms with van der Waals surface area (Å²) in [5.41, 5.74) is 4.30. The van der Waals surface area contributed by atoms with E-state index in [1.54, 1.807) is 48.5 Å². The van der Waals surface area contributed by atoms with Crippen LogP contribution in [0.15, 0.2) is 175 Å². The van der Waals surface area contributed by atoms with E-state index in [0.717, 1.165) is 11.4 Å². The van der Waals surface area contributed by atoms with Gasteiger partial charge in [-0.25, -0.2) is 16.8 Å². The lowest BCUT2D eigenvalue weighted by Crippen LogP contribution is -2.22. The van der Waals surface area contributed by atoms with Crippen molar-refractivity contribution in [2.24, 2.45) is 0 Å². The number of nitrogens with zero attached hydrogens (tertiary/aromatic N) is 2. The highest BCUT2D eigenvalue weighted by molar-refractivity contribution is 8.32. The molecule has 0 saturated heterocycles. The Labute approximate surface area is 290 Å². The van der Waals surface area contributed by atoms with Crippen LogP contribution in [0.2, 0.25) is 0 Å². The highest BCUT2D eigenvalue weighted by Crippen LogP contribution is 2.58. The van der Waals surface area contributed by atoms with E-state index in [1.807, 2.05) is 72.2 Å². The van der Waals surface area contributed by atoms with Crippen LogP contribution < -0.4 is 9.80 Å². The molecule has 0 aromatic heterocycles. The normalized spacial score (nSPS) is 15.4. The molecule has 0 unspecified atom stereocenters. The maximum atomic E-state index is 13.4. The second kappa shape index (κ2) is 12.2. The number of anilines is 6. The fourth-order valence-electron chi connectivity index (χ4n) is 6.54. The van der Waals surface area contributed by atoms with Gasteiger partial charge in [0.25, 0.3) is 0 Å². The zero-order chi connectivity index (χ0) is 34.6. The van der Waals surface area contributed by atoms with Crippen molar-refractivity contribution in [2.75, 3.05) is 22.3 Å². The molecular weight excluding hydrogens is 669 g/mol. The molecule has 49 heavy (non-hydrogen) atoms. The number of fused-ring (bicyclic) bond motifs is 4. The summed E-state index contributed by atoms with van der Waals surface area (Å²) in [6, 6.07) is 45.3. The molecule has 0 N–H and O–H groups in total. The van der Waals surface area contributed by atoms with Crippen LogP contribution in [0.25, 0.3) is 0 Å². The fraction of sp³-hybridized carbons (Fsp3) is 0.100. The van der Waals surface area contributed by atoms with Crippen LogP contribution in [0.5, 0.6) is 0 Å². The van der Waals surface area contributed by atoms with E-state index >= 15 is 0 Å². The Bertz CT molecular complexity index is 2150. The molecular formula is C40H36N2O4S3. The van der Waals surface area contributed by atoms with Crippen LogP contribution in [0.3, 0.4) is 0 Å².